The summed E-state index contributed by atoms with van der Waals surface area (Å²) in [5.74, 6) is -0.615. The van der Waals surface area contributed by atoms with Crippen LogP contribution in [0.15, 0.2) is 67.0 Å². The minimum atomic E-state index is -0.393. The monoisotopic (exact) mass is 338 g/mol. The molecule has 0 unspecified atom stereocenters. The third-order valence-corrected chi connectivity index (χ3v) is 3.88. The van der Waals surface area contributed by atoms with E-state index in [4.69, 9.17) is 11.6 Å². The molecule has 0 fully saturated rings. The number of benzene rings is 2. The first-order chi connectivity index (χ1) is 11.6. The molecule has 2 aromatic carbocycles. The van der Waals surface area contributed by atoms with Gasteiger partial charge in [-0.25, -0.2) is 0 Å². The van der Waals surface area contributed by atoms with Crippen molar-refractivity contribution in [3.8, 4) is 16.9 Å². The molecule has 0 bridgehead atoms. The van der Waals surface area contributed by atoms with Gasteiger partial charge in [0.2, 0.25) is 0 Å². The zero-order chi connectivity index (χ0) is 16.9. The largest absolute Gasteiger partial charge is 0.506 e. The molecule has 0 atom stereocenters. The highest BCUT2D eigenvalue weighted by Gasteiger charge is 2.16. The van der Waals surface area contributed by atoms with Crippen molar-refractivity contribution in [3.63, 3.8) is 0 Å². The van der Waals surface area contributed by atoms with E-state index < -0.39 is 5.91 Å². The lowest BCUT2D eigenvalue weighted by Gasteiger charge is -2.11. The summed E-state index contributed by atoms with van der Waals surface area (Å²) in [6.45, 7) is 0.319. The zero-order valence-corrected chi connectivity index (χ0v) is 13.5. The molecule has 2 N–H and O–H groups in total. The number of carbonyl (C=O) groups is 1. The number of nitrogens with one attached hydrogen (secondary N) is 1. The molecule has 24 heavy (non-hydrogen) atoms. The summed E-state index contributed by atoms with van der Waals surface area (Å²) < 4.78 is 0. The predicted molar refractivity (Wildman–Crippen MR) is 94.0 cm³/mol. The van der Waals surface area contributed by atoms with Crippen LogP contribution in [0.25, 0.3) is 11.1 Å². The summed E-state index contributed by atoms with van der Waals surface area (Å²) >= 11 is 6.09. The van der Waals surface area contributed by atoms with E-state index >= 15 is 0 Å². The van der Waals surface area contributed by atoms with Gasteiger partial charge in [0, 0.05) is 18.9 Å². The first kappa shape index (κ1) is 16.0. The van der Waals surface area contributed by atoms with Gasteiger partial charge >= 0.3 is 0 Å². The summed E-state index contributed by atoms with van der Waals surface area (Å²) in [5, 5.41) is 13.0. The number of phenolic OH excluding ortho intramolecular Hbond substituents is 1. The highest BCUT2D eigenvalue weighted by molar-refractivity contribution is 6.33. The second-order valence-electron chi connectivity index (χ2n) is 5.26. The van der Waals surface area contributed by atoms with E-state index in [1.54, 1.807) is 30.6 Å². The summed E-state index contributed by atoms with van der Waals surface area (Å²) in [6, 6.07) is 16.5. The lowest BCUT2D eigenvalue weighted by Crippen LogP contribution is -2.23. The molecule has 0 aliphatic carbocycles. The number of carbonyl (C=O) groups excluding carboxylic acids is 1. The highest BCUT2D eigenvalue weighted by atomic mass is 35.5. The SMILES string of the molecule is O=C(NCc1cccnc1)c1cc(-c2ccccc2)cc(Cl)c1O. The molecule has 1 heterocycles. The van der Waals surface area contributed by atoms with Crippen molar-refractivity contribution in [1.82, 2.24) is 10.3 Å². The number of amides is 1. The number of hydrogen-bond donors (Lipinski definition) is 2. The van der Waals surface area contributed by atoms with Crippen LogP contribution >= 0.6 is 11.6 Å². The van der Waals surface area contributed by atoms with Gasteiger partial charge in [-0.15, -0.1) is 0 Å². The van der Waals surface area contributed by atoms with Crippen LogP contribution in [0.5, 0.6) is 5.75 Å². The Bertz CT molecular complexity index is 852. The number of pyridine rings is 1. The molecule has 1 aromatic heterocycles. The van der Waals surface area contributed by atoms with Crippen LogP contribution in [0.3, 0.4) is 0 Å². The molecule has 0 spiro atoms. The van der Waals surface area contributed by atoms with Crippen molar-refractivity contribution >= 4 is 17.5 Å². The highest BCUT2D eigenvalue weighted by Crippen LogP contribution is 2.33. The Morgan fingerprint density at radius 2 is 1.88 bits per heavy atom. The number of rotatable bonds is 4. The third-order valence-electron chi connectivity index (χ3n) is 3.59. The van der Waals surface area contributed by atoms with Gasteiger partial charge in [0.05, 0.1) is 10.6 Å². The number of halogens is 1. The summed E-state index contributed by atoms with van der Waals surface area (Å²) in [7, 11) is 0. The molecule has 120 valence electrons. The molecule has 0 saturated carbocycles. The number of phenols is 1. The first-order valence-corrected chi connectivity index (χ1v) is 7.78. The van der Waals surface area contributed by atoms with Gasteiger partial charge in [-0.1, -0.05) is 48.0 Å². The topological polar surface area (TPSA) is 62.2 Å². The summed E-state index contributed by atoms with van der Waals surface area (Å²) in [5.41, 5.74) is 2.70. The minimum Gasteiger partial charge on any atom is -0.506 e. The van der Waals surface area contributed by atoms with Crippen molar-refractivity contribution in [2.75, 3.05) is 0 Å². The molecule has 4 nitrogen and oxygen atoms in total. The quantitative estimate of drug-likeness (QED) is 0.754. The smallest absolute Gasteiger partial charge is 0.255 e. The second-order valence-corrected chi connectivity index (χ2v) is 5.67. The van der Waals surface area contributed by atoms with E-state index in [0.29, 0.717) is 6.54 Å². The minimum absolute atomic E-state index is 0.142. The Hall–Kier alpha value is -2.85. The Balaban J connectivity index is 1.86. The molecular formula is C19H15ClN2O2. The van der Waals surface area contributed by atoms with E-state index in [2.05, 4.69) is 10.3 Å². The van der Waals surface area contributed by atoms with Gasteiger partial charge in [-0.05, 0) is 34.9 Å². The molecule has 0 radical (unpaired) electrons. The lowest BCUT2D eigenvalue weighted by molar-refractivity contribution is 0.0948. The van der Waals surface area contributed by atoms with Gasteiger partial charge in [0.25, 0.3) is 5.91 Å². The van der Waals surface area contributed by atoms with E-state index in [1.807, 2.05) is 36.4 Å². The van der Waals surface area contributed by atoms with Gasteiger partial charge in [0.1, 0.15) is 5.75 Å². The van der Waals surface area contributed by atoms with Gasteiger partial charge < -0.3 is 10.4 Å². The van der Waals surface area contributed by atoms with Crippen LogP contribution in [-0.2, 0) is 6.54 Å². The first-order valence-electron chi connectivity index (χ1n) is 7.40. The van der Waals surface area contributed by atoms with Crippen molar-refractivity contribution in [1.29, 1.82) is 0 Å². The van der Waals surface area contributed by atoms with Crippen molar-refractivity contribution < 1.29 is 9.90 Å². The molecule has 1 amide bonds. The average molecular weight is 339 g/mol. The normalized spacial score (nSPS) is 10.4. The van der Waals surface area contributed by atoms with E-state index in [-0.39, 0.29) is 16.3 Å². The van der Waals surface area contributed by atoms with Crippen LogP contribution in [0.2, 0.25) is 5.02 Å². The number of hydrogen-bond acceptors (Lipinski definition) is 3. The van der Waals surface area contributed by atoms with Crippen molar-refractivity contribution in [2.45, 2.75) is 6.54 Å². The number of nitrogens with zero attached hydrogens (tertiary/aromatic N) is 1. The molecule has 5 heteroatoms. The zero-order valence-electron chi connectivity index (χ0n) is 12.7. The molecule has 3 rings (SSSR count). The van der Waals surface area contributed by atoms with Crippen LogP contribution in [-0.4, -0.2) is 16.0 Å². The molecule has 0 aliphatic heterocycles. The fourth-order valence-corrected chi connectivity index (χ4v) is 2.57. The Morgan fingerprint density at radius 1 is 1.08 bits per heavy atom. The van der Waals surface area contributed by atoms with Crippen LogP contribution in [0, 0.1) is 0 Å². The Labute approximate surface area is 144 Å². The van der Waals surface area contributed by atoms with Gasteiger partial charge in [0.15, 0.2) is 0 Å². The maximum Gasteiger partial charge on any atom is 0.255 e. The molecule has 0 aliphatic rings. The molecule has 3 aromatic rings. The third kappa shape index (κ3) is 3.55. The van der Waals surface area contributed by atoms with E-state index in [1.165, 1.54) is 0 Å². The fraction of sp³-hybridized carbons (Fsp3) is 0.0526. The van der Waals surface area contributed by atoms with E-state index in [9.17, 15) is 9.90 Å². The Kier molecular flexibility index (Phi) is 4.77. The lowest BCUT2D eigenvalue weighted by atomic mass is 10.0. The van der Waals surface area contributed by atoms with Crippen LogP contribution in [0.1, 0.15) is 15.9 Å². The maximum absolute atomic E-state index is 12.4. The molecular weight excluding hydrogens is 324 g/mol. The van der Waals surface area contributed by atoms with Crippen molar-refractivity contribution in [3.05, 3.63) is 83.1 Å². The second kappa shape index (κ2) is 7.15. The van der Waals surface area contributed by atoms with Crippen LogP contribution in [0.4, 0.5) is 0 Å². The summed E-state index contributed by atoms with van der Waals surface area (Å²) in [6.07, 6.45) is 3.34. The van der Waals surface area contributed by atoms with Gasteiger partial charge in [-0.3, -0.25) is 9.78 Å². The standard InChI is InChI=1S/C19H15ClN2O2/c20-17-10-15(14-6-2-1-3-7-14)9-16(18(17)23)19(24)22-12-13-5-4-8-21-11-13/h1-11,23H,12H2,(H,22,24). The fourth-order valence-electron chi connectivity index (χ4n) is 2.35. The summed E-state index contributed by atoms with van der Waals surface area (Å²) in [4.78, 5) is 16.4. The van der Waals surface area contributed by atoms with Gasteiger partial charge in [-0.2, -0.15) is 0 Å². The van der Waals surface area contributed by atoms with Crippen molar-refractivity contribution in [2.24, 2.45) is 0 Å². The number of aromatic nitrogens is 1. The average Bonchev–Trinajstić information content (AvgIpc) is 2.63. The number of aromatic hydroxyl groups is 1. The molecule has 0 saturated heterocycles. The van der Waals surface area contributed by atoms with E-state index in [0.717, 1.165) is 16.7 Å². The Morgan fingerprint density at radius 3 is 2.58 bits per heavy atom. The van der Waals surface area contributed by atoms with Crippen LogP contribution < -0.4 is 5.32 Å². The maximum atomic E-state index is 12.4. The predicted octanol–water partition coefficient (Wildman–Crippen LogP) is 4.04.